The lowest BCUT2D eigenvalue weighted by molar-refractivity contribution is -0.567. The number of β-lactam (4-membered cyclic amide) rings is 1. The molecule has 0 radical (unpaired) electrons. The molecular weight excluding hydrogens is 250 g/mol. The van der Waals surface area contributed by atoms with Gasteiger partial charge in [-0.05, 0) is 13.8 Å². The van der Waals surface area contributed by atoms with Crippen molar-refractivity contribution in [1.82, 2.24) is 4.90 Å². The fourth-order valence-electron chi connectivity index (χ4n) is 2.24. The van der Waals surface area contributed by atoms with Gasteiger partial charge in [0.15, 0.2) is 5.37 Å². The number of rotatable bonds is 2. The van der Waals surface area contributed by atoms with E-state index in [0.29, 0.717) is 0 Å². The van der Waals surface area contributed by atoms with Gasteiger partial charge in [0.2, 0.25) is 0 Å². The normalized spacial score (nSPS) is 38.5. The molecule has 0 bridgehead atoms. The highest BCUT2D eigenvalue weighted by Gasteiger charge is 2.77. The number of fused-ring (bicyclic) bond motifs is 1. The van der Waals surface area contributed by atoms with E-state index in [9.17, 15) is 19.7 Å². The van der Waals surface area contributed by atoms with Crippen molar-refractivity contribution in [2.24, 2.45) is 5.73 Å². The molecule has 0 saturated carbocycles. The maximum Gasteiger partial charge on any atom is 0.380 e. The van der Waals surface area contributed by atoms with E-state index in [2.05, 4.69) is 0 Å². The van der Waals surface area contributed by atoms with Crippen LogP contribution in [0.15, 0.2) is 0 Å². The molecule has 0 aromatic heterocycles. The first-order valence-corrected chi connectivity index (χ1v) is 5.68. The molecule has 2 fully saturated rings. The Labute approximate surface area is 100 Å². The second-order valence-electron chi connectivity index (χ2n) is 4.61. The summed E-state index contributed by atoms with van der Waals surface area (Å²) in [6.07, 6.45) is 0. The van der Waals surface area contributed by atoms with Gasteiger partial charge >= 0.3 is 17.5 Å². The van der Waals surface area contributed by atoms with Crippen LogP contribution in [0.25, 0.3) is 0 Å². The van der Waals surface area contributed by atoms with Gasteiger partial charge in [0.25, 0.3) is 0 Å². The average Bonchev–Trinajstić information content (AvgIpc) is 2.46. The molecule has 9 heteroatoms. The van der Waals surface area contributed by atoms with Crippen LogP contribution in [0.3, 0.4) is 0 Å². The lowest BCUT2D eigenvalue weighted by Gasteiger charge is -2.43. The molecule has 2 saturated heterocycles. The fraction of sp³-hybridized carbons (Fsp3) is 0.750. The van der Waals surface area contributed by atoms with Crippen LogP contribution < -0.4 is 5.73 Å². The van der Waals surface area contributed by atoms with E-state index in [-0.39, 0.29) is 0 Å². The molecule has 2 heterocycles. The standard InChI is InChI=1S/C8H11N3O5S/c1-7(2)3(4(12)13)10-5(14)8(9,11(15)16)6(10)17-7/h3,6H,9H2,1-2H3,(H,12,13)/t3-,6+,8?/m0/s1. The minimum atomic E-state index is -2.19. The zero-order chi connectivity index (χ0) is 13.2. The van der Waals surface area contributed by atoms with Crippen LogP contribution in [0.4, 0.5) is 0 Å². The average molecular weight is 261 g/mol. The Kier molecular flexibility index (Phi) is 2.21. The topological polar surface area (TPSA) is 127 Å². The molecule has 0 aromatic rings. The third kappa shape index (κ3) is 1.23. The van der Waals surface area contributed by atoms with Gasteiger partial charge in [0.05, 0.1) is 4.92 Å². The second-order valence-corrected chi connectivity index (χ2v) is 6.34. The largest absolute Gasteiger partial charge is 0.480 e. The zero-order valence-electron chi connectivity index (χ0n) is 9.11. The first kappa shape index (κ1) is 12.1. The Morgan fingerprint density at radius 3 is 2.59 bits per heavy atom. The Morgan fingerprint density at radius 2 is 2.18 bits per heavy atom. The monoisotopic (exact) mass is 261 g/mol. The molecule has 0 spiro atoms. The SMILES string of the molecule is CC1(C)S[C@H]2N(C(=O)C2(N)[N+](=O)[O-])[C@H]1C(=O)O. The van der Waals surface area contributed by atoms with Gasteiger partial charge in [-0.15, -0.1) is 11.8 Å². The summed E-state index contributed by atoms with van der Waals surface area (Å²) in [6.45, 7) is 3.25. The van der Waals surface area contributed by atoms with Crippen molar-refractivity contribution in [3.8, 4) is 0 Å². The highest BCUT2D eigenvalue weighted by molar-refractivity contribution is 8.01. The van der Waals surface area contributed by atoms with Gasteiger partial charge in [-0.25, -0.2) is 4.79 Å². The first-order chi connectivity index (χ1) is 7.64. The molecule has 1 amide bonds. The predicted octanol–water partition coefficient (Wildman–Crippen LogP) is -0.935. The number of thioether (sulfide) groups is 1. The highest BCUT2D eigenvalue weighted by atomic mass is 32.2. The van der Waals surface area contributed by atoms with E-state index in [1.54, 1.807) is 13.8 Å². The number of carboxylic acids is 1. The van der Waals surface area contributed by atoms with Gasteiger partial charge in [-0.3, -0.25) is 25.5 Å². The predicted molar refractivity (Wildman–Crippen MR) is 57.6 cm³/mol. The van der Waals surface area contributed by atoms with Gasteiger partial charge in [0.1, 0.15) is 6.04 Å². The number of nitrogens with zero attached hydrogens (tertiary/aromatic N) is 2. The Morgan fingerprint density at radius 1 is 1.65 bits per heavy atom. The minimum absolute atomic E-state index is 0.802. The van der Waals surface area contributed by atoms with Crippen LogP contribution >= 0.6 is 11.8 Å². The fourth-order valence-corrected chi connectivity index (χ4v) is 3.85. The van der Waals surface area contributed by atoms with E-state index in [0.717, 1.165) is 16.7 Å². The molecule has 0 aromatic carbocycles. The summed E-state index contributed by atoms with van der Waals surface area (Å²) in [5, 5.41) is 19.0. The third-order valence-corrected chi connectivity index (χ3v) is 4.73. The van der Waals surface area contributed by atoms with Gasteiger partial charge in [-0.2, -0.15) is 0 Å². The minimum Gasteiger partial charge on any atom is -0.480 e. The molecule has 1 unspecified atom stereocenters. The van der Waals surface area contributed by atoms with E-state index >= 15 is 0 Å². The van der Waals surface area contributed by atoms with Crippen LogP contribution in [0.1, 0.15) is 13.8 Å². The summed E-state index contributed by atoms with van der Waals surface area (Å²) in [4.78, 5) is 33.8. The maximum atomic E-state index is 11.7. The Hall–Kier alpha value is -1.35. The molecule has 2 aliphatic heterocycles. The summed E-state index contributed by atoms with van der Waals surface area (Å²) >= 11 is 1.05. The molecular formula is C8H11N3O5S. The second kappa shape index (κ2) is 3.10. The van der Waals surface area contributed by atoms with Crippen molar-refractivity contribution in [1.29, 1.82) is 0 Å². The number of carbonyl (C=O) groups is 2. The molecule has 2 rings (SSSR count). The summed E-state index contributed by atoms with van der Waals surface area (Å²) in [5.41, 5.74) is 3.27. The summed E-state index contributed by atoms with van der Waals surface area (Å²) in [5.74, 6) is -2.11. The van der Waals surface area contributed by atoms with Crippen molar-refractivity contribution in [3.63, 3.8) is 0 Å². The Bertz CT molecular complexity index is 439. The maximum absolute atomic E-state index is 11.7. The molecule has 0 aliphatic carbocycles. The number of nitro groups is 1. The number of hydrogen-bond donors (Lipinski definition) is 2. The van der Waals surface area contributed by atoms with E-state index in [1.807, 2.05) is 0 Å². The van der Waals surface area contributed by atoms with Crippen LogP contribution in [0.2, 0.25) is 0 Å². The van der Waals surface area contributed by atoms with Gasteiger partial charge in [-0.1, -0.05) is 0 Å². The lowest BCUT2D eigenvalue weighted by Crippen LogP contribution is -2.80. The number of nitrogens with two attached hydrogens (primary N) is 1. The van der Waals surface area contributed by atoms with Crippen molar-refractivity contribution in [2.45, 2.75) is 35.7 Å². The van der Waals surface area contributed by atoms with Crippen LogP contribution in [-0.4, -0.2) is 48.6 Å². The molecule has 94 valence electrons. The van der Waals surface area contributed by atoms with Crippen LogP contribution in [-0.2, 0) is 9.59 Å². The molecule has 3 atom stereocenters. The van der Waals surface area contributed by atoms with Crippen LogP contribution in [0, 0.1) is 10.1 Å². The third-order valence-electron chi connectivity index (χ3n) is 3.09. The summed E-state index contributed by atoms with van der Waals surface area (Å²) in [6, 6.07) is -1.08. The number of aliphatic carboxylic acids is 1. The van der Waals surface area contributed by atoms with Crippen molar-refractivity contribution >= 4 is 23.6 Å². The summed E-state index contributed by atoms with van der Waals surface area (Å²) in [7, 11) is 0. The van der Waals surface area contributed by atoms with E-state index < -0.39 is 38.6 Å². The van der Waals surface area contributed by atoms with Gasteiger partial charge < -0.3 is 5.11 Å². The van der Waals surface area contributed by atoms with E-state index in [4.69, 9.17) is 10.8 Å². The van der Waals surface area contributed by atoms with Gasteiger partial charge in [0, 0.05) is 4.75 Å². The number of hydrogen-bond acceptors (Lipinski definition) is 6. The van der Waals surface area contributed by atoms with Crippen molar-refractivity contribution in [3.05, 3.63) is 10.1 Å². The van der Waals surface area contributed by atoms with Crippen LogP contribution in [0.5, 0.6) is 0 Å². The smallest absolute Gasteiger partial charge is 0.380 e. The van der Waals surface area contributed by atoms with E-state index in [1.165, 1.54) is 0 Å². The summed E-state index contributed by atoms with van der Waals surface area (Å²) < 4.78 is -0.802. The first-order valence-electron chi connectivity index (χ1n) is 4.81. The lowest BCUT2D eigenvalue weighted by atomic mass is 9.93. The number of carboxylic acid groups (broad SMARTS) is 1. The number of carbonyl (C=O) groups excluding carboxylic acids is 1. The van der Waals surface area contributed by atoms with Crippen molar-refractivity contribution in [2.75, 3.05) is 0 Å². The molecule has 3 N–H and O–H groups in total. The Balaban J connectivity index is 2.41. The molecule has 8 nitrogen and oxygen atoms in total. The number of amides is 1. The quantitative estimate of drug-likeness (QED) is 0.284. The molecule has 17 heavy (non-hydrogen) atoms. The van der Waals surface area contributed by atoms with Crippen molar-refractivity contribution < 1.29 is 19.6 Å². The zero-order valence-corrected chi connectivity index (χ0v) is 9.93. The highest BCUT2D eigenvalue weighted by Crippen LogP contribution is 2.53. The molecule has 2 aliphatic rings.